The molecule has 0 atom stereocenters. The maximum Gasteiger partial charge on any atom is 0.257 e. The van der Waals surface area contributed by atoms with Gasteiger partial charge in [-0.3, -0.25) is 4.79 Å². The Morgan fingerprint density at radius 3 is 2.43 bits per heavy atom. The van der Waals surface area contributed by atoms with Gasteiger partial charge in [-0.15, -0.1) is 0 Å². The third-order valence-corrected chi connectivity index (χ3v) is 6.02. The van der Waals surface area contributed by atoms with Crippen LogP contribution in [0.2, 0.25) is 5.02 Å². The summed E-state index contributed by atoms with van der Waals surface area (Å²) < 4.78 is 42.6. The molecule has 3 aromatic rings. The number of rotatable bonds is 6. The number of halogens is 2. The molecule has 0 bridgehead atoms. The van der Waals surface area contributed by atoms with E-state index >= 15 is 0 Å². The Labute approximate surface area is 166 Å². The van der Waals surface area contributed by atoms with E-state index in [4.69, 9.17) is 16.1 Å². The van der Waals surface area contributed by atoms with Crippen LogP contribution >= 0.6 is 11.6 Å². The first-order valence-electron chi connectivity index (χ1n) is 8.26. The summed E-state index contributed by atoms with van der Waals surface area (Å²) in [6, 6.07) is 11.3. The van der Waals surface area contributed by atoms with Crippen molar-refractivity contribution in [2.75, 3.05) is 12.3 Å². The van der Waals surface area contributed by atoms with Crippen molar-refractivity contribution >= 4 is 27.3 Å². The van der Waals surface area contributed by atoms with E-state index in [2.05, 4.69) is 10.5 Å². The molecule has 1 amide bonds. The van der Waals surface area contributed by atoms with Crippen LogP contribution in [0.5, 0.6) is 0 Å². The van der Waals surface area contributed by atoms with Crippen LogP contribution in [0.25, 0.3) is 11.3 Å². The maximum absolute atomic E-state index is 13.0. The SMILES string of the molecule is Cc1onc(-c2ccc(Cl)cc2)c1C(=O)NCCS(=O)(=O)c1ccc(F)cc1. The standard InChI is InChI=1S/C19H16ClFN2O4S/c1-12-17(18(23-27-12)13-2-4-14(20)5-3-13)19(24)22-10-11-28(25,26)16-8-6-15(21)7-9-16/h2-9H,10-11H2,1H3,(H,22,24). The highest BCUT2D eigenvalue weighted by atomic mass is 35.5. The highest BCUT2D eigenvalue weighted by Gasteiger charge is 2.22. The molecule has 0 fully saturated rings. The molecule has 0 radical (unpaired) electrons. The number of aryl methyl sites for hydroxylation is 1. The Kier molecular flexibility index (Phi) is 5.81. The second-order valence-electron chi connectivity index (χ2n) is 6.00. The molecule has 3 rings (SSSR count). The van der Waals surface area contributed by atoms with Crippen molar-refractivity contribution in [1.29, 1.82) is 0 Å². The molecule has 28 heavy (non-hydrogen) atoms. The highest BCUT2D eigenvalue weighted by molar-refractivity contribution is 7.91. The van der Waals surface area contributed by atoms with Crippen LogP contribution in [0, 0.1) is 12.7 Å². The molecule has 0 unspecified atom stereocenters. The Hall–Kier alpha value is -2.71. The van der Waals surface area contributed by atoms with Crippen LogP contribution in [0.1, 0.15) is 16.1 Å². The lowest BCUT2D eigenvalue weighted by Gasteiger charge is -2.07. The number of nitrogens with one attached hydrogen (secondary N) is 1. The number of hydrogen-bond acceptors (Lipinski definition) is 5. The molecule has 146 valence electrons. The van der Waals surface area contributed by atoms with Gasteiger partial charge in [-0.05, 0) is 43.3 Å². The predicted molar refractivity (Wildman–Crippen MR) is 102 cm³/mol. The number of nitrogens with zero attached hydrogens (tertiary/aromatic N) is 1. The Balaban J connectivity index is 1.71. The molecule has 2 aromatic carbocycles. The van der Waals surface area contributed by atoms with Gasteiger partial charge in [0.05, 0.1) is 10.6 Å². The molecule has 6 nitrogen and oxygen atoms in total. The minimum Gasteiger partial charge on any atom is -0.360 e. The van der Waals surface area contributed by atoms with Crippen molar-refractivity contribution in [3.8, 4) is 11.3 Å². The molecule has 0 saturated carbocycles. The number of benzene rings is 2. The van der Waals surface area contributed by atoms with Gasteiger partial charge < -0.3 is 9.84 Å². The van der Waals surface area contributed by atoms with Crippen LogP contribution in [0.15, 0.2) is 57.9 Å². The average Bonchev–Trinajstić information content (AvgIpc) is 3.04. The fourth-order valence-electron chi connectivity index (χ4n) is 2.59. The fraction of sp³-hybridized carbons (Fsp3) is 0.158. The van der Waals surface area contributed by atoms with E-state index in [0.29, 0.717) is 22.0 Å². The number of sulfone groups is 1. The number of hydrogen-bond donors (Lipinski definition) is 1. The van der Waals surface area contributed by atoms with Gasteiger partial charge in [0.1, 0.15) is 22.8 Å². The summed E-state index contributed by atoms with van der Waals surface area (Å²) in [5, 5.41) is 7.03. The van der Waals surface area contributed by atoms with Gasteiger partial charge in [-0.25, -0.2) is 12.8 Å². The highest BCUT2D eigenvalue weighted by Crippen LogP contribution is 2.26. The molecule has 0 aliphatic heterocycles. The summed E-state index contributed by atoms with van der Waals surface area (Å²) in [4.78, 5) is 12.6. The van der Waals surface area contributed by atoms with E-state index in [1.54, 1.807) is 31.2 Å². The normalized spacial score (nSPS) is 11.4. The van der Waals surface area contributed by atoms with Gasteiger partial charge in [0.15, 0.2) is 9.84 Å². The van der Waals surface area contributed by atoms with E-state index in [9.17, 15) is 17.6 Å². The molecular weight excluding hydrogens is 407 g/mol. The Morgan fingerprint density at radius 1 is 1.14 bits per heavy atom. The summed E-state index contributed by atoms with van der Waals surface area (Å²) in [5.74, 6) is -1.04. The largest absolute Gasteiger partial charge is 0.360 e. The molecule has 0 aliphatic rings. The second kappa shape index (κ2) is 8.12. The third kappa shape index (κ3) is 4.40. The smallest absolute Gasteiger partial charge is 0.257 e. The quantitative estimate of drug-likeness (QED) is 0.612. The summed E-state index contributed by atoms with van der Waals surface area (Å²) in [7, 11) is -3.65. The third-order valence-electron chi connectivity index (χ3n) is 4.04. The zero-order valence-electron chi connectivity index (χ0n) is 14.8. The Morgan fingerprint density at radius 2 is 1.79 bits per heavy atom. The van der Waals surface area contributed by atoms with Crippen LogP contribution in [0.3, 0.4) is 0 Å². The lowest BCUT2D eigenvalue weighted by atomic mass is 10.1. The van der Waals surface area contributed by atoms with Gasteiger partial charge in [0.25, 0.3) is 5.91 Å². The van der Waals surface area contributed by atoms with Crippen molar-refractivity contribution in [3.63, 3.8) is 0 Å². The topological polar surface area (TPSA) is 89.3 Å². The Bertz CT molecular complexity index is 1090. The van der Waals surface area contributed by atoms with Crippen LogP contribution in [0.4, 0.5) is 4.39 Å². The molecule has 1 N–H and O–H groups in total. The van der Waals surface area contributed by atoms with E-state index in [-0.39, 0.29) is 22.8 Å². The minimum absolute atomic E-state index is 0.00818. The van der Waals surface area contributed by atoms with Gasteiger partial charge in [0.2, 0.25) is 0 Å². The summed E-state index contributed by atoms with van der Waals surface area (Å²) in [6.07, 6.45) is 0. The summed E-state index contributed by atoms with van der Waals surface area (Å²) >= 11 is 5.88. The minimum atomic E-state index is -3.65. The molecule has 0 saturated heterocycles. The number of aromatic nitrogens is 1. The van der Waals surface area contributed by atoms with E-state index in [0.717, 1.165) is 12.1 Å². The van der Waals surface area contributed by atoms with Gasteiger partial charge in [-0.1, -0.05) is 28.9 Å². The van der Waals surface area contributed by atoms with Crippen molar-refractivity contribution in [1.82, 2.24) is 10.5 Å². The zero-order valence-corrected chi connectivity index (χ0v) is 16.3. The maximum atomic E-state index is 13.0. The number of amides is 1. The zero-order chi connectivity index (χ0) is 20.3. The molecular formula is C19H16ClFN2O4S. The predicted octanol–water partition coefficient (Wildman–Crippen LogP) is 3.65. The lowest BCUT2D eigenvalue weighted by molar-refractivity contribution is 0.0955. The van der Waals surface area contributed by atoms with E-state index in [1.165, 1.54) is 12.1 Å². The van der Waals surface area contributed by atoms with E-state index < -0.39 is 21.6 Å². The lowest BCUT2D eigenvalue weighted by Crippen LogP contribution is -2.29. The van der Waals surface area contributed by atoms with Crippen LogP contribution < -0.4 is 5.32 Å². The van der Waals surface area contributed by atoms with Crippen LogP contribution in [-0.4, -0.2) is 31.8 Å². The molecule has 1 heterocycles. The first-order chi connectivity index (χ1) is 13.3. The summed E-state index contributed by atoms with van der Waals surface area (Å²) in [5.41, 5.74) is 1.21. The van der Waals surface area contributed by atoms with Crippen LogP contribution in [-0.2, 0) is 9.84 Å². The fourth-order valence-corrected chi connectivity index (χ4v) is 3.87. The molecule has 9 heteroatoms. The number of carbonyl (C=O) groups excluding carboxylic acids is 1. The average molecular weight is 423 g/mol. The molecule has 1 aromatic heterocycles. The van der Waals surface area contributed by atoms with Crippen molar-refractivity contribution < 1.29 is 22.1 Å². The first kappa shape index (κ1) is 20.0. The van der Waals surface area contributed by atoms with Gasteiger partial charge in [-0.2, -0.15) is 0 Å². The summed E-state index contributed by atoms with van der Waals surface area (Å²) in [6.45, 7) is 1.47. The number of carbonyl (C=O) groups is 1. The van der Waals surface area contributed by atoms with Gasteiger partial charge in [0, 0.05) is 17.1 Å². The van der Waals surface area contributed by atoms with Crippen molar-refractivity contribution in [2.24, 2.45) is 0 Å². The monoisotopic (exact) mass is 422 g/mol. The van der Waals surface area contributed by atoms with Gasteiger partial charge >= 0.3 is 0 Å². The van der Waals surface area contributed by atoms with Crippen molar-refractivity contribution in [3.05, 3.63) is 70.7 Å². The van der Waals surface area contributed by atoms with E-state index in [1.807, 2.05) is 0 Å². The first-order valence-corrected chi connectivity index (χ1v) is 10.3. The molecule has 0 aliphatic carbocycles. The molecule has 0 spiro atoms. The van der Waals surface area contributed by atoms with Crippen molar-refractivity contribution in [2.45, 2.75) is 11.8 Å². The second-order valence-corrected chi connectivity index (χ2v) is 8.54.